The van der Waals surface area contributed by atoms with Gasteiger partial charge in [0.2, 0.25) is 0 Å². The van der Waals surface area contributed by atoms with Crippen molar-refractivity contribution in [2.24, 2.45) is 0 Å². The molecule has 0 aromatic heterocycles. The number of hydrogen-bond acceptors (Lipinski definition) is 1. The Kier molecular flexibility index (Phi) is 22.2. The summed E-state index contributed by atoms with van der Waals surface area (Å²) < 4.78 is 3.80. The van der Waals surface area contributed by atoms with Gasteiger partial charge in [-0.3, -0.25) is 0 Å². The average molecular weight is 366 g/mol. The van der Waals surface area contributed by atoms with Crippen LogP contribution in [0.1, 0.15) is 13.3 Å². The molecule has 0 bridgehead atoms. The topological polar surface area (TPSA) is 20.2 Å². The summed E-state index contributed by atoms with van der Waals surface area (Å²) in [7, 11) is 0. The minimum Gasteiger partial charge on any atom is -0.392 e. The van der Waals surface area contributed by atoms with E-state index < -0.39 is 0 Å². The van der Waals surface area contributed by atoms with E-state index in [1.807, 2.05) is 26.7 Å². The molecule has 0 aliphatic heterocycles. The van der Waals surface area contributed by atoms with E-state index in [9.17, 15) is 0 Å². The van der Waals surface area contributed by atoms with Gasteiger partial charge in [0.25, 0.3) is 0 Å². The van der Waals surface area contributed by atoms with Crippen LogP contribution in [0.3, 0.4) is 0 Å². The lowest BCUT2D eigenvalue weighted by Crippen LogP contribution is -1.64. The molecule has 0 aliphatic carbocycles. The molecule has 0 radical (unpaired) electrons. The van der Waals surface area contributed by atoms with Gasteiger partial charge >= 0.3 is 0 Å². The number of aliphatic hydroxyl groups excluding tert-OH is 1. The molecule has 3 heteroatoms. The molecule has 0 amide bonds. The Morgan fingerprint density at radius 2 is 1.70 bits per heavy atom. The minimum atomic E-state index is 0.156. The molecular formula is C7H12I2O. The Balaban J connectivity index is 0. The molecule has 0 aliphatic rings. The molecule has 0 unspecified atom stereocenters. The molecule has 0 spiro atoms. The number of aliphatic hydroxyl groups is 1. The molecule has 0 aromatic carbocycles. The fraction of sp³-hybridized carbons (Fsp3) is 0.429. The zero-order chi connectivity index (χ0) is 8.24. The van der Waals surface area contributed by atoms with Crippen molar-refractivity contribution in [2.75, 3.05) is 6.61 Å². The van der Waals surface area contributed by atoms with E-state index in [4.69, 9.17) is 5.11 Å². The highest BCUT2D eigenvalue weighted by Gasteiger charge is 1.54. The molecule has 1 nitrogen and oxygen atoms in total. The second-order valence-electron chi connectivity index (χ2n) is 1.31. The summed E-state index contributed by atoms with van der Waals surface area (Å²) in [6.07, 6.45) is 4.93. The van der Waals surface area contributed by atoms with Gasteiger partial charge in [-0.25, -0.2) is 0 Å². The van der Waals surface area contributed by atoms with Crippen molar-refractivity contribution in [3.8, 4) is 0 Å². The highest BCUT2D eigenvalue weighted by Crippen LogP contribution is 1.84. The lowest BCUT2D eigenvalue weighted by Gasteiger charge is -1.65. The van der Waals surface area contributed by atoms with Gasteiger partial charge in [0.1, 0.15) is 0 Å². The number of halogens is 2. The van der Waals surface area contributed by atoms with Crippen molar-refractivity contribution in [1.82, 2.24) is 0 Å². The summed E-state index contributed by atoms with van der Waals surface area (Å²) in [6, 6.07) is 0. The Bertz CT molecular complexity index is 77.6. The van der Waals surface area contributed by atoms with E-state index in [2.05, 4.69) is 35.6 Å². The minimum absolute atomic E-state index is 0.156. The van der Waals surface area contributed by atoms with Crippen LogP contribution in [0.15, 0.2) is 20.3 Å². The van der Waals surface area contributed by atoms with E-state index in [0.29, 0.717) is 0 Å². The average Bonchev–Trinajstić information content (AvgIpc) is 1.93. The van der Waals surface area contributed by atoms with Crippen LogP contribution in [0.25, 0.3) is 0 Å². The van der Waals surface area contributed by atoms with E-state index in [1.54, 1.807) is 10.2 Å². The van der Waals surface area contributed by atoms with Crippen molar-refractivity contribution in [2.45, 2.75) is 13.3 Å². The second kappa shape index (κ2) is 16.5. The highest BCUT2D eigenvalue weighted by atomic mass is 127. The monoisotopic (exact) mass is 366 g/mol. The number of hydrogen-bond donors (Lipinski definition) is 1. The molecule has 0 rings (SSSR count). The van der Waals surface area contributed by atoms with Gasteiger partial charge in [-0.2, -0.15) is 0 Å². The Hall–Kier alpha value is 0.900. The normalized spacial score (nSPS) is 10.0. The van der Waals surface area contributed by atoms with Gasteiger partial charge in [-0.05, 0) is 14.6 Å². The fourth-order valence-electron chi connectivity index (χ4n) is 0.129. The third-order valence-electron chi connectivity index (χ3n) is 0.519. The van der Waals surface area contributed by atoms with Crippen LogP contribution < -0.4 is 0 Å². The van der Waals surface area contributed by atoms with Crippen LogP contribution in [0.2, 0.25) is 0 Å². The van der Waals surface area contributed by atoms with E-state index in [0.717, 1.165) is 6.42 Å². The molecular weight excluding hydrogens is 354 g/mol. The second-order valence-corrected chi connectivity index (χ2v) is 2.75. The number of rotatable bonds is 2. The Morgan fingerprint density at radius 3 is 1.70 bits per heavy atom. The summed E-state index contributed by atoms with van der Waals surface area (Å²) in [5, 5.41) is 7.97. The van der Waals surface area contributed by atoms with Crippen molar-refractivity contribution >= 4 is 45.2 Å². The zero-order valence-corrected chi connectivity index (χ0v) is 10.2. The van der Waals surface area contributed by atoms with Crippen LogP contribution in [0.5, 0.6) is 0 Å². The number of allylic oxidation sites excluding steroid dienone is 1. The molecule has 0 fully saturated rings. The maximum atomic E-state index is 7.97. The maximum absolute atomic E-state index is 7.97. The first-order valence-electron chi connectivity index (χ1n) is 2.94. The van der Waals surface area contributed by atoms with Gasteiger partial charge in [0.05, 0.1) is 6.61 Å². The molecule has 10 heavy (non-hydrogen) atoms. The van der Waals surface area contributed by atoms with E-state index in [-0.39, 0.29) is 6.61 Å². The Labute approximate surface area is 89.9 Å². The molecule has 60 valence electrons. The van der Waals surface area contributed by atoms with Gasteiger partial charge in [-0.1, -0.05) is 64.3 Å². The van der Waals surface area contributed by atoms with Crippen molar-refractivity contribution in [3.05, 3.63) is 20.3 Å². The summed E-state index contributed by atoms with van der Waals surface area (Å²) in [6.45, 7) is 2.28. The maximum Gasteiger partial charge on any atom is 0.0619 e. The standard InChI is InChI=1S/C4H7I.C3H5IO/c1-2-3-4-5;4-2-1-3-5/h3-4H,2H2,1H3;1-2,5H,3H2/b4-3+;2-1+. The smallest absolute Gasteiger partial charge is 0.0619 e. The first-order valence-corrected chi connectivity index (χ1v) is 5.43. The van der Waals surface area contributed by atoms with Gasteiger partial charge in [0.15, 0.2) is 0 Å². The largest absolute Gasteiger partial charge is 0.392 e. The molecule has 0 aromatic rings. The van der Waals surface area contributed by atoms with Crippen molar-refractivity contribution in [3.63, 3.8) is 0 Å². The van der Waals surface area contributed by atoms with Crippen LogP contribution in [-0.2, 0) is 0 Å². The summed E-state index contributed by atoms with van der Waals surface area (Å²) in [5.74, 6) is 0. The molecule has 0 heterocycles. The third-order valence-corrected chi connectivity index (χ3v) is 1.54. The van der Waals surface area contributed by atoms with Crippen molar-refractivity contribution in [1.29, 1.82) is 0 Å². The van der Waals surface area contributed by atoms with Crippen LogP contribution in [-0.4, -0.2) is 11.7 Å². The van der Waals surface area contributed by atoms with Gasteiger partial charge in [-0.15, -0.1) is 0 Å². The lowest BCUT2D eigenvalue weighted by molar-refractivity contribution is 0.343. The van der Waals surface area contributed by atoms with E-state index >= 15 is 0 Å². The van der Waals surface area contributed by atoms with Crippen LogP contribution >= 0.6 is 45.2 Å². The third kappa shape index (κ3) is 23.1. The summed E-state index contributed by atoms with van der Waals surface area (Å²) >= 11 is 4.25. The highest BCUT2D eigenvalue weighted by molar-refractivity contribution is 14.1. The zero-order valence-electron chi connectivity index (χ0n) is 5.93. The molecule has 0 saturated carbocycles. The van der Waals surface area contributed by atoms with Crippen LogP contribution in [0, 0.1) is 0 Å². The fourth-order valence-corrected chi connectivity index (χ4v) is 0.865. The lowest BCUT2D eigenvalue weighted by atomic mass is 10.5. The molecule has 0 saturated heterocycles. The predicted octanol–water partition coefficient (Wildman–Crippen LogP) is 3.27. The SMILES string of the molecule is CC/C=C/I.OC/C=C/I. The van der Waals surface area contributed by atoms with Gasteiger partial charge < -0.3 is 5.11 Å². The van der Waals surface area contributed by atoms with Crippen LogP contribution in [0.4, 0.5) is 0 Å². The molecule has 0 atom stereocenters. The quantitative estimate of drug-likeness (QED) is 0.744. The summed E-state index contributed by atoms with van der Waals surface area (Å²) in [5.41, 5.74) is 0. The Morgan fingerprint density at radius 1 is 1.20 bits per heavy atom. The van der Waals surface area contributed by atoms with Crippen molar-refractivity contribution < 1.29 is 5.11 Å². The summed E-state index contributed by atoms with van der Waals surface area (Å²) in [4.78, 5) is 0. The first-order chi connectivity index (χ1) is 4.83. The first kappa shape index (κ1) is 13.5. The molecule has 1 N–H and O–H groups in total. The predicted molar refractivity (Wildman–Crippen MR) is 63.7 cm³/mol. The van der Waals surface area contributed by atoms with Gasteiger partial charge in [0, 0.05) is 0 Å². The van der Waals surface area contributed by atoms with E-state index in [1.165, 1.54) is 0 Å².